The van der Waals surface area contributed by atoms with E-state index in [1.807, 2.05) is 0 Å². The zero-order valence-corrected chi connectivity index (χ0v) is 11.9. The minimum absolute atomic E-state index is 0.0861. The van der Waals surface area contributed by atoms with Crippen molar-refractivity contribution in [3.63, 3.8) is 0 Å². The molecule has 2 aliphatic rings. The first-order chi connectivity index (χ1) is 11.0. The predicted octanol–water partition coefficient (Wildman–Crippen LogP) is 2.72. The number of hydrogen-bond donors (Lipinski definition) is 1. The first-order valence-electron chi connectivity index (χ1n) is 7.02. The second-order valence-electron chi connectivity index (χ2n) is 5.99. The highest BCUT2D eigenvalue weighted by atomic mass is 19.4. The number of rotatable bonds is 2. The van der Waals surface area contributed by atoms with E-state index in [9.17, 15) is 31.4 Å². The molecule has 2 heterocycles. The minimum Gasteiger partial charge on any atom is -0.382 e. The lowest BCUT2D eigenvalue weighted by Crippen LogP contribution is -2.49. The molecule has 1 aromatic heterocycles. The molecule has 1 saturated carbocycles. The summed E-state index contributed by atoms with van der Waals surface area (Å²) in [5.74, 6) is -0.497. The Kier molecular flexibility index (Phi) is 3.67. The smallest absolute Gasteiger partial charge is 0.382 e. The summed E-state index contributed by atoms with van der Waals surface area (Å²) in [7, 11) is 0. The number of anilines is 1. The molecule has 1 aromatic rings. The number of fused-ring (bicyclic) bond motifs is 1. The molecule has 3 rings (SSSR count). The van der Waals surface area contributed by atoms with Crippen LogP contribution in [0.25, 0.3) is 0 Å². The van der Waals surface area contributed by atoms with Crippen molar-refractivity contribution in [3.05, 3.63) is 23.5 Å². The van der Waals surface area contributed by atoms with Crippen molar-refractivity contribution in [2.45, 2.75) is 30.9 Å². The SMILES string of the molecule is N#Cc1ncc(N2C[C@@H]3CC3[C@@H]2[C@H](O)C(F)(F)F)cc1C(F)(F)F. The van der Waals surface area contributed by atoms with Crippen LogP contribution >= 0.6 is 0 Å². The Labute approximate surface area is 132 Å². The Morgan fingerprint density at radius 1 is 1.29 bits per heavy atom. The second kappa shape index (κ2) is 5.24. The molecular weight excluding hydrogens is 340 g/mol. The van der Waals surface area contributed by atoms with Crippen LogP contribution in [0.4, 0.5) is 32.0 Å². The summed E-state index contributed by atoms with van der Waals surface area (Å²) in [5, 5.41) is 18.3. The van der Waals surface area contributed by atoms with Crippen LogP contribution < -0.4 is 4.90 Å². The molecule has 4 atom stereocenters. The number of aromatic nitrogens is 1. The van der Waals surface area contributed by atoms with Gasteiger partial charge in [0, 0.05) is 6.54 Å². The molecular formula is C14H11F6N3O. The van der Waals surface area contributed by atoms with E-state index in [4.69, 9.17) is 5.26 Å². The minimum atomic E-state index is -4.87. The molecule has 0 bridgehead atoms. The molecule has 10 heteroatoms. The summed E-state index contributed by atoms with van der Waals surface area (Å²) in [6.45, 7) is 0.118. The number of halogens is 6. The number of nitrogens with zero attached hydrogens (tertiary/aromatic N) is 3. The fourth-order valence-corrected chi connectivity index (χ4v) is 3.30. The molecule has 0 radical (unpaired) electrons. The normalized spacial score (nSPS) is 27.6. The van der Waals surface area contributed by atoms with Gasteiger partial charge >= 0.3 is 12.4 Å². The Hall–Kier alpha value is -2.02. The summed E-state index contributed by atoms with van der Waals surface area (Å²) in [4.78, 5) is 4.53. The molecule has 1 aliphatic heterocycles. The summed E-state index contributed by atoms with van der Waals surface area (Å²) in [6, 6.07) is 0.592. The molecule has 2 fully saturated rings. The van der Waals surface area contributed by atoms with Crippen LogP contribution in [0.2, 0.25) is 0 Å². The fraction of sp³-hybridized carbons (Fsp3) is 0.571. The van der Waals surface area contributed by atoms with Crippen LogP contribution in [-0.4, -0.2) is 35.0 Å². The summed E-state index contributed by atoms with van der Waals surface area (Å²) in [5.41, 5.74) is -2.33. The number of nitriles is 1. The molecule has 4 nitrogen and oxygen atoms in total. The predicted molar refractivity (Wildman–Crippen MR) is 68.7 cm³/mol. The lowest BCUT2D eigenvalue weighted by atomic mass is 10.0. The van der Waals surface area contributed by atoms with E-state index in [-0.39, 0.29) is 18.2 Å². The summed E-state index contributed by atoms with van der Waals surface area (Å²) in [6.07, 6.45) is -10.9. The number of hydrogen-bond acceptors (Lipinski definition) is 4. The van der Waals surface area contributed by atoms with E-state index in [2.05, 4.69) is 4.98 Å². The van der Waals surface area contributed by atoms with Gasteiger partial charge in [0.1, 0.15) is 6.07 Å². The van der Waals surface area contributed by atoms with Gasteiger partial charge in [0.2, 0.25) is 0 Å². The van der Waals surface area contributed by atoms with Crippen LogP contribution in [0.3, 0.4) is 0 Å². The number of alkyl halides is 6. The maximum atomic E-state index is 13.0. The molecule has 1 unspecified atom stereocenters. The van der Waals surface area contributed by atoms with Crippen LogP contribution in [0.1, 0.15) is 17.7 Å². The van der Waals surface area contributed by atoms with Crippen molar-refractivity contribution in [1.82, 2.24) is 4.98 Å². The van der Waals surface area contributed by atoms with Crippen molar-refractivity contribution in [2.24, 2.45) is 11.8 Å². The Morgan fingerprint density at radius 2 is 1.96 bits per heavy atom. The van der Waals surface area contributed by atoms with Gasteiger partial charge in [-0.1, -0.05) is 0 Å². The highest BCUT2D eigenvalue weighted by Gasteiger charge is 2.60. The summed E-state index contributed by atoms with van der Waals surface area (Å²) < 4.78 is 77.5. The second-order valence-corrected chi connectivity index (χ2v) is 5.99. The van der Waals surface area contributed by atoms with Crippen molar-refractivity contribution >= 4 is 5.69 Å². The average molecular weight is 351 g/mol. The van der Waals surface area contributed by atoms with E-state index in [1.165, 1.54) is 6.07 Å². The van der Waals surface area contributed by atoms with Crippen molar-refractivity contribution in [2.75, 3.05) is 11.4 Å². The average Bonchev–Trinajstić information content (AvgIpc) is 3.15. The van der Waals surface area contributed by atoms with E-state index in [1.54, 1.807) is 0 Å². The lowest BCUT2D eigenvalue weighted by Gasteiger charge is -2.33. The number of aliphatic hydroxyl groups excluding tert-OH is 1. The highest BCUT2D eigenvalue weighted by Crippen LogP contribution is 2.53. The first-order valence-corrected chi connectivity index (χ1v) is 7.02. The lowest BCUT2D eigenvalue weighted by molar-refractivity contribution is -0.210. The highest BCUT2D eigenvalue weighted by molar-refractivity contribution is 5.54. The molecule has 1 saturated heterocycles. The standard InChI is InChI=1S/C14H11F6N3O/c15-13(16,17)9-2-7(4-22-10(9)3-21)23-5-6-1-8(6)11(23)12(24)14(18,19)20/h2,4,6,8,11-12,24H,1,5H2/t6-,8?,11+,12-/m0/s1. The third-order valence-corrected chi connectivity index (χ3v) is 4.48. The largest absolute Gasteiger partial charge is 0.419 e. The monoisotopic (exact) mass is 351 g/mol. The first kappa shape index (κ1) is 16.8. The van der Waals surface area contributed by atoms with Gasteiger partial charge in [-0.05, 0) is 24.3 Å². The maximum absolute atomic E-state index is 13.0. The van der Waals surface area contributed by atoms with E-state index >= 15 is 0 Å². The van der Waals surface area contributed by atoms with E-state index < -0.39 is 41.7 Å². The molecule has 130 valence electrons. The van der Waals surface area contributed by atoms with Crippen molar-refractivity contribution < 1.29 is 31.4 Å². The fourth-order valence-electron chi connectivity index (χ4n) is 3.30. The number of piperidine rings is 1. The number of aliphatic hydroxyl groups is 1. The van der Waals surface area contributed by atoms with Gasteiger partial charge in [-0.15, -0.1) is 0 Å². The van der Waals surface area contributed by atoms with Gasteiger partial charge in [0.05, 0.1) is 23.5 Å². The molecule has 24 heavy (non-hydrogen) atoms. The van der Waals surface area contributed by atoms with Crippen LogP contribution in [0, 0.1) is 23.2 Å². The maximum Gasteiger partial charge on any atom is 0.419 e. The summed E-state index contributed by atoms with van der Waals surface area (Å²) >= 11 is 0. The van der Waals surface area contributed by atoms with Crippen molar-refractivity contribution in [3.8, 4) is 6.07 Å². The van der Waals surface area contributed by atoms with Crippen LogP contribution in [0.5, 0.6) is 0 Å². The van der Waals surface area contributed by atoms with Gasteiger partial charge in [-0.3, -0.25) is 0 Å². The topological polar surface area (TPSA) is 60.2 Å². The van der Waals surface area contributed by atoms with E-state index in [0.29, 0.717) is 12.5 Å². The van der Waals surface area contributed by atoms with Crippen LogP contribution in [0.15, 0.2) is 12.3 Å². The molecule has 1 N–H and O–H groups in total. The van der Waals surface area contributed by atoms with E-state index in [0.717, 1.165) is 11.1 Å². The Bertz CT molecular complexity index is 695. The zero-order chi connectivity index (χ0) is 17.9. The third-order valence-electron chi connectivity index (χ3n) is 4.48. The van der Waals surface area contributed by atoms with Gasteiger partial charge in [-0.2, -0.15) is 31.6 Å². The Balaban J connectivity index is 1.98. The Morgan fingerprint density at radius 3 is 2.50 bits per heavy atom. The zero-order valence-electron chi connectivity index (χ0n) is 11.9. The molecule has 1 aliphatic carbocycles. The molecule has 0 amide bonds. The van der Waals surface area contributed by atoms with Gasteiger partial charge in [-0.25, -0.2) is 4.98 Å². The quantitative estimate of drug-likeness (QED) is 0.833. The van der Waals surface area contributed by atoms with Crippen LogP contribution in [-0.2, 0) is 6.18 Å². The molecule has 0 aromatic carbocycles. The molecule has 0 spiro atoms. The van der Waals surface area contributed by atoms with Gasteiger partial charge in [0.25, 0.3) is 0 Å². The van der Waals surface area contributed by atoms with Gasteiger partial charge in [0.15, 0.2) is 11.8 Å². The van der Waals surface area contributed by atoms with Crippen molar-refractivity contribution in [1.29, 1.82) is 5.26 Å². The number of pyridine rings is 1. The third kappa shape index (κ3) is 2.77. The van der Waals surface area contributed by atoms with Gasteiger partial charge < -0.3 is 10.0 Å².